The molecule has 0 amide bonds. The molecular weight excluding hydrogens is 226 g/mol. The highest BCUT2D eigenvalue weighted by atomic mass is 16.3. The zero-order valence-corrected chi connectivity index (χ0v) is 11.3. The van der Waals surface area contributed by atoms with Crippen molar-refractivity contribution < 1.29 is 5.11 Å². The highest BCUT2D eigenvalue weighted by Crippen LogP contribution is 2.17. The maximum absolute atomic E-state index is 9.78. The van der Waals surface area contributed by atoms with Gasteiger partial charge in [-0.25, -0.2) is 0 Å². The van der Waals surface area contributed by atoms with Crippen LogP contribution in [0.5, 0.6) is 5.75 Å². The van der Waals surface area contributed by atoms with Crippen molar-refractivity contribution in [2.75, 3.05) is 20.1 Å². The van der Waals surface area contributed by atoms with E-state index in [1.54, 1.807) is 6.07 Å². The van der Waals surface area contributed by atoms with Gasteiger partial charge in [0.25, 0.3) is 0 Å². The molecule has 0 saturated carbocycles. The Labute approximate surface area is 109 Å². The minimum atomic E-state index is 0.295. The topological polar surface area (TPSA) is 48.4 Å². The SMILES string of the molecule is Cc1ccc(O)c(CN(C)CC2CCCCN2)n1. The molecule has 100 valence electrons. The number of aromatic hydroxyl groups is 1. The second-order valence-electron chi connectivity index (χ2n) is 5.26. The normalized spacial score (nSPS) is 20.3. The standard InChI is InChI=1S/C14H23N3O/c1-11-6-7-14(18)13(16-11)10-17(2)9-12-5-3-4-8-15-12/h6-7,12,15,18H,3-5,8-10H2,1-2H3. The number of rotatable bonds is 4. The van der Waals surface area contributed by atoms with Gasteiger partial charge in [0.2, 0.25) is 0 Å². The first-order valence-electron chi connectivity index (χ1n) is 6.72. The number of hydrogen-bond acceptors (Lipinski definition) is 4. The predicted molar refractivity (Wildman–Crippen MR) is 72.6 cm³/mol. The molecule has 1 aliphatic heterocycles. The summed E-state index contributed by atoms with van der Waals surface area (Å²) in [6.45, 7) is 4.79. The van der Waals surface area contributed by atoms with Crippen LogP contribution in [0, 0.1) is 6.92 Å². The lowest BCUT2D eigenvalue weighted by Gasteiger charge is -2.28. The number of piperidine rings is 1. The van der Waals surface area contributed by atoms with E-state index in [1.807, 2.05) is 13.0 Å². The number of pyridine rings is 1. The Bertz CT molecular complexity index is 389. The number of hydrogen-bond donors (Lipinski definition) is 2. The van der Waals surface area contributed by atoms with Crippen LogP contribution in [0.2, 0.25) is 0 Å². The largest absolute Gasteiger partial charge is 0.506 e. The summed E-state index contributed by atoms with van der Waals surface area (Å²) >= 11 is 0. The number of nitrogens with one attached hydrogen (secondary N) is 1. The molecule has 4 nitrogen and oxygen atoms in total. The van der Waals surface area contributed by atoms with E-state index in [4.69, 9.17) is 0 Å². The van der Waals surface area contributed by atoms with Gasteiger partial charge >= 0.3 is 0 Å². The summed E-state index contributed by atoms with van der Waals surface area (Å²) in [5, 5.41) is 13.3. The van der Waals surface area contributed by atoms with Gasteiger partial charge in [0, 0.05) is 24.8 Å². The molecule has 1 aliphatic rings. The number of likely N-dealkylation sites (N-methyl/N-ethyl adjacent to an activating group) is 1. The summed E-state index contributed by atoms with van der Waals surface area (Å²) in [4.78, 5) is 6.62. The van der Waals surface area contributed by atoms with Gasteiger partial charge in [-0.3, -0.25) is 9.88 Å². The summed E-state index contributed by atoms with van der Waals surface area (Å²) < 4.78 is 0. The van der Waals surface area contributed by atoms with Crippen molar-refractivity contribution in [3.63, 3.8) is 0 Å². The van der Waals surface area contributed by atoms with E-state index in [-0.39, 0.29) is 0 Å². The summed E-state index contributed by atoms with van der Waals surface area (Å²) in [6, 6.07) is 4.14. The molecular formula is C14H23N3O. The third kappa shape index (κ3) is 3.68. The van der Waals surface area contributed by atoms with Gasteiger partial charge in [-0.05, 0) is 45.5 Å². The van der Waals surface area contributed by atoms with Crippen molar-refractivity contribution in [1.29, 1.82) is 0 Å². The van der Waals surface area contributed by atoms with Crippen LogP contribution in [-0.2, 0) is 6.54 Å². The molecule has 1 unspecified atom stereocenters. The van der Waals surface area contributed by atoms with E-state index in [0.29, 0.717) is 18.3 Å². The Morgan fingerprint density at radius 2 is 2.28 bits per heavy atom. The molecule has 1 saturated heterocycles. The maximum Gasteiger partial charge on any atom is 0.138 e. The number of nitrogens with zero attached hydrogens (tertiary/aromatic N) is 2. The molecule has 4 heteroatoms. The van der Waals surface area contributed by atoms with Crippen LogP contribution >= 0.6 is 0 Å². The fourth-order valence-corrected chi connectivity index (χ4v) is 2.50. The molecule has 18 heavy (non-hydrogen) atoms. The van der Waals surface area contributed by atoms with Crippen molar-refractivity contribution in [3.05, 3.63) is 23.5 Å². The second-order valence-corrected chi connectivity index (χ2v) is 5.26. The second kappa shape index (κ2) is 6.16. The monoisotopic (exact) mass is 249 g/mol. The van der Waals surface area contributed by atoms with Gasteiger partial charge in [-0.15, -0.1) is 0 Å². The summed E-state index contributed by atoms with van der Waals surface area (Å²) in [6.07, 6.45) is 3.86. The first kappa shape index (κ1) is 13.3. The van der Waals surface area contributed by atoms with E-state index in [9.17, 15) is 5.11 Å². The average molecular weight is 249 g/mol. The van der Waals surface area contributed by atoms with E-state index in [0.717, 1.165) is 24.5 Å². The van der Waals surface area contributed by atoms with Crippen LogP contribution in [-0.4, -0.2) is 41.2 Å². The summed E-state index contributed by atoms with van der Waals surface area (Å²) in [5.41, 5.74) is 1.72. The lowest BCUT2D eigenvalue weighted by molar-refractivity contribution is 0.251. The van der Waals surface area contributed by atoms with Gasteiger partial charge in [0.05, 0.1) is 5.69 Å². The first-order chi connectivity index (χ1) is 8.65. The Kier molecular flexibility index (Phi) is 4.55. The lowest BCUT2D eigenvalue weighted by Crippen LogP contribution is -2.42. The van der Waals surface area contributed by atoms with E-state index in [1.165, 1.54) is 19.3 Å². The van der Waals surface area contributed by atoms with Gasteiger partial charge in [-0.2, -0.15) is 0 Å². The van der Waals surface area contributed by atoms with Crippen molar-refractivity contribution in [3.8, 4) is 5.75 Å². The molecule has 1 aromatic rings. The highest BCUT2D eigenvalue weighted by Gasteiger charge is 2.15. The Morgan fingerprint density at radius 3 is 3.00 bits per heavy atom. The van der Waals surface area contributed by atoms with Crippen LogP contribution < -0.4 is 5.32 Å². The van der Waals surface area contributed by atoms with E-state index >= 15 is 0 Å². The Balaban J connectivity index is 1.89. The third-order valence-corrected chi connectivity index (χ3v) is 3.45. The maximum atomic E-state index is 9.78. The van der Waals surface area contributed by atoms with Gasteiger partial charge < -0.3 is 10.4 Å². The van der Waals surface area contributed by atoms with Gasteiger partial charge in [0.15, 0.2) is 0 Å². The Hall–Kier alpha value is -1.13. The fourth-order valence-electron chi connectivity index (χ4n) is 2.50. The van der Waals surface area contributed by atoms with Crippen molar-refractivity contribution in [2.24, 2.45) is 0 Å². The molecule has 0 aliphatic carbocycles. The molecule has 2 heterocycles. The smallest absolute Gasteiger partial charge is 0.138 e. The highest BCUT2D eigenvalue weighted by molar-refractivity contribution is 5.27. The zero-order valence-electron chi connectivity index (χ0n) is 11.3. The lowest BCUT2D eigenvalue weighted by atomic mass is 10.0. The van der Waals surface area contributed by atoms with Crippen LogP contribution in [0.1, 0.15) is 30.7 Å². The van der Waals surface area contributed by atoms with Crippen molar-refractivity contribution in [1.82, 2.24) is 15.2 Å². The first-order valence-corrected chi connectivity index (χ1v) is 6.72. The van der Waals surface area contributed by atoms with Crippen LogP contribution in [0.4, 0.5) is 0 Å². The minimum Gasteiger partial charge on any atom is -0.506 e. The van der Waals surface area contributed by atoms with Crippen molar-refractivity contribution >= 4 is 0 Å². The molecule has 2 N–H and O–H groups in total. The van der Waals surface area contributed by atoms with E-state index < -0.39 is 0 Å². The minimum absolute atomic E-state index is 0.295. The van der Waals surface area contributed by atoms with Gasteiger partial charge in [-0.1, -0.05) is 6.42 Å². The third-order valence-electron chi connectivity index (χ3n) is 3.45. The zero-order chi connectivity index (χ0) is 13.0. The molecule has 2 rings (SSSR count). The van der Waals surface area contributed by atoms with Crippen molar-refractivity contribution in [2.45, 2.75) is 38.8 Å². The average Bonchev–Trinajstić information content (AvgIpc) is 2.35. The molecule has 0 aromatic carbocycles. The van der Waals surface area contributed by atoms with Gasteiger partial charge in [0.1, 0.15) is 5.75 Å². The number of aryl methyl sites for hydroxylation is 1. The van der Waals surface area contributed by atoms with Crippen LogP contribution in [0.25, 0.3) is 0 Å². The molecule has 0 radical (unpaired) electrons. The molecule has 0 bridgehead atoms. The van der Waals surface area contributed by atoms with Crippen LogP contribution in [0.15, 0.2) is 12.1 Å². The molecule has 1 aromatic heterocycles. The quantitative estimate of drug-likeness (QED) is 0.852. The summed E-state index contributed by atoms with van der Waals surface area (Å²) in [7, 11) is 2.08. The fraction of sp³-hybridized carbons (Fsp3) is 0.643. The number of aromatic nitrogens is 1. The van der Waals surface area contributed by atoms with E-state index in [2.05, 4.69) is 22.2 Å². The molecule has 1 fully saturated rings. The summed E-state index contributed by atoms with van der Waals surface area (Å²) in [5.74, 6) is 0.295. The molecule has 0 spiro atoms. The predicted octanol–water partition coefficient (Wildman–Crippen LogP) is 1.67. The Morgan fingerprint density at radius 1 is 1.44 bits per heavy atom. The van der Waals surface area contributed by atoms with Crippen LogP contribution in [0.3, 0.4) is 0 Å². The molecule has 1 atom stereocenters.